The number of hydrogen-bond acceptors (Lipinski definition) is 2. The molecule has 0 spiro atoms. The Morgan fingerprint density at radius 1 is 1.55 bits per heavy atom. The lowest BCUT2D eigenvalue weighted by atomic mass is 10.2. The molecule has 0 aromatic heterocycles. The van der Waals surface area contributed by atoms with Crippen LogP contribution in [0.2, 0.25) is 5.02 Å². The van der Waals surface area contributed by atoms with Crippen LogP contribution in [0.3, 0.4) is 0 Å². The van der Waals surface area contributed by atoms with E-state index in [0.29, 0.717) is 4.90 Å². The van der Waals surface area contributed by atoms with Crippen LogP contribution < -0.4 is 0 Å². The van der Waals surface area contributed by atoms with Gasteiger partial charge >= 0.3 is 0 Å². The van der Waals surface area contributed by atoms with E-state index in [9.17, 15) is 4.39 Å². The molecule has 0 fully saturated rings. The van der Waals surface area contributed by atoms with Gasteiger partial charge in [0.2, 0.25) is 0 Å². The molecule has 0 aliphatic carbocycles. The summed E-state index contributed by atoms with van der Waals surface area (Å²) in [6.45, 7) is 0. The molecule has 56 valence electrons. The van der Waals surface area contributed by atoms with Crippen molar-refractivity contribution in [2.75, 3.05) is 0 Å². The lowest BCUT2D eigenvalue weighted by molar-refractivity contribution is 0.626. The van der Waals surface area contributed by atoms with Crippen LogP contribution in [0.15, 0.2) is 17.0 Å². The molecule has 0 atom stereocenters. The Kier molecular flexibility index (Phi) is 2.38. The fraction of sp³-hybridized carbons (Fsp3) is 0. The number of rotatable bonds is 0. The molecule has 1 rings (SSSR count). The van der Waals surface area contributed by atoms with Gasteiger partial charge in [0.25, 0.3) is 0 Å². The summed E-state index contributed by atoms with van der Waals surface area (Å²) in [5, 5.41) is 8.31. The molecule has 4 heteroatoms. The summed E-state index contributed by atoms with van der Waals surface area (Å²) in [6.07, 6.45) is 0. The molecule has 0 aliphatic heterocycles. The summed E-state index contributed by atoms with van der Waals surface area (Å²) >= 11 is 9.37. The van der Waals surface area contributed by atoms with Crippen molar-refractivity contribution < 1.29 is 4.39 Å². The topological polar surface area (TPSA) is 23.8 Å². The summed E-state index contributed by atoms with van der Waals surface area (Å²) in [7, 11) is 0. The lowest BCUT2D eigenvalue weighted by Crippen LogP contribution is -1.84. The van der Waals surface area contributed by atoms with Gasteiger partial charge in [0, 0.05) is 4.90 Å². The minimum absolute atomic E-state index is 0.0787. The van der Waals surface area contributed by atoms with E-state index >= 15 is 0 Å². The minimum atomic E-state index is -0.596. The van der Waals surface area contributed by atoms with Gasteiger partial charge in [-0.1, -0.05) is 11.6 Å². The van der Waals surface area contributed by atoms with Crippen LogP contribution >= 0.6 is 24.2 Å². The van der Waals surface area contributed by atoms with Crippen molar-refractivity contribution in [2.45, 2.75) is 4.90 Å². The summed E-state index contributed by atoms with van der Waals surface area (Å²) in [6, 6.07) is 4.32. The van der Waals surface area contributed by atoms with Crippen molar-refractivity contribution >= 4 is 24.2 Å². The molecule has 0 radical (unpaired) electrons. The van der Waals surface area contributed by atoms with Gasteiger partial charge in [-0.25, -0.2) is 4.39 Å². The molecule has 0 N–H and O–H groups in total. The summed E-state index contributed by atoms with van der Waals surface area (Å²) in [5.74, 6) is -0.596. The maximum atomic E-state index is 12.6. The number of benzene rings is 1. The maximum Gasteiger partial charge on any atom is 0.143 e. The molecule has 1 aromatic carbocycles. The van der Waals surface area contributed by atoms with Crippen LogP contribution in [-0.4, -0.2) is 0 Å². The van der Waals surface area contributed by atoms with E-state index in [1.807, 2.05) is 0 Å². The minimum Gasteiger partial charge on any atom is -0.205 e. The highest BCUT2D eigenvalue weighted by molar-refractivity contribution is 7.80. The normalized spacial score (nSPS) is 9.27. The number of hydrogen-bond donors (Lipinski definition) is 1. The van der Waals surface area contributed by atoms with Crippen LogP contribution in [0.5, 0.6) is 0 Å². The molecule has 0 aliphatic rings. The van der Waals surface area contributed by atoms with E-state index < -0.39 is 5.82 Å². The van der Waals surface area contributed by atoms with Gasteiger partial charge in [0.15, 0.2) is 0 Å². The molecule has 11 heavy (non-hydrogen) atoms. The number of nitriles is 1. The van der Waals surface area contributed by atoms with Crippen LogP contribution in [0.4, 0.5) is 4.39 Å². The highest BCUT2D eigenvalue weighted by atomic mass is 35.5. The first-order chi connectivity index (χ1) is 5.16. The number of halogens is 2. The van der Waals surface area contributed by atoms with Crippen molar-refractivity contribution in [1.82, 2.24) is 0 Å². The van der Waals surface area contributed by atoms with E-state index in [1.54, 1.807) is 6.07 Å². The van der Waals surface area contributed by atoms with E-state index in [-0.39, 0.29) is 10.6 Å². The molecule has 1 nitrogen and oxygen atoms in total. The number of thiol groups is 1. The average Bonchev–Trinajstić information content (AvgIpc) is 1.99. The van der Waals surface area contributed by atoms with E-state index in [0.717, 1.165) is 0 Å². The summed E-state index contributed by atoms with van der Waals surface area (Å²) in [4.78, 5) is 0.388. The summed E-state index contributed by atoms with van der Waals surface area (Å²) < 4.78 is 12.6. The Hall–Kier alpha value is -0.720. The Bertz CT molecular complexity index is 332. The molecular formula is C7H3ClFNS. The van der Waals surface area contributed by atoms with Crippen LogP contribution in [0.1, 0.15) is 5.56 Å². The van der Waals surface area contributed by atoms with Crippen LogP contribution in [0, 0.1) is 17.1 Å². The van der Waals surface area contributed by atoms with Gasteiger partial charge in [-0.15, -0.1) is 12.6 Å². The second-order valence-corrected chi connectivity index (χ2v) is 2.73. The molecule has 0 unspecified atom stereocenters. The Morgan fingerprint density at radius 3 is 2.64 bits per heavy atom. The molecular weight excluding hydrogens is 185 g/mol. The largest absolute Gasteiger partial charge is 0.205 e. The maximum absolute atomic E-state index is 12.6. The Morgan fingerprint density at radius 2 is 2.18 bits per heavy atom. The molecule has 0 saturated heterocycles. The highest BCUT2D eigenvalue weighted by Gasteiger charge is 2.07. The lowest BCUT2D eigenvalue weighted by Gasteiger charge is -1.98. The zero-order chi connectivity index (χ0) is 8.43. The van der Waals surface area contributed by atoms with E-state index in [4.69, 9.17) is 16.9 Å². The predicted octanol–water partition coefficient (Wildman–Crippen LogP) is 2.64. The van der Waals surface area contributed by atoms with Crippen molar-refractivity contribution in [2.24, 2.45) is 0 Å². The monoisotopic (exact) mass is 187 g/mol. The first-order valence-electron chi connectivity index (χ1n) is 2.74. The Labute approximate surface area is 73.8 Å². The first-order valence-corrected chi connectivity index (χ1v) is 3.56. The smallest absolute Gasteiger partial charge is 0.143 e. The van der Waals surface area contributed by atoms with Gasteiger partial charge in [0.05, 0.1) is 10.6 Å². The SMILES string of the molecule is N#Cc1c(S)ccc(F)c1Cl. The first kappa shape index (κ1) is 8.38. The number of nitrogens with zero attached hydrogens (tertiary/aromatic N) is 1. The zero-order valence-electron chi connectivity index (χ0n) is 5.31. The fourth-order valence-corrected chi connectivity index (χ4v) is 1.16. The van der Waals surface area contributed by atoms with Gasteiger partial charge in [-0.3, -0.25) is 0 Å². The molecule has 0 bridgehead atoms. The molecule has 0 heterocycles. The third kappa shape index (κ3) is 1.47. The average molecular weight is 188 g/mol. The van der Waals surface area contributed by atoms with Crippen molar-refractivity contribution in [1.29, 1.82) is 5.26 Å². The fourth-order valence-electron chi connectivity index (χ4n) is 0.647. The predicted molar refractivity (Wildman–Crippen MR) is 43.4 cm³/mol. The van der Waals surface area contributed by atoms with Crippen LogP contribution in [-0.2, 0) is 0 Å². The molecule has 1 aromatic rings. The Balaban J connectivity index is 3.44. The second kappa shape index (κ2) is 3.12. The van der Waals surface area contributed by atoms with Gasteiger partial charge < -0.3 is 0 Å². The summed E-state index contributed by atoms with van der Waals surface area (Å²) in [5.41, 5.74) is 0.0787. The zero-order valence-corrected chi connectivity index (χ0v) is 6.96. The highest BCUT2D eigenvalue weighted by Crippen LogP contribution is 2.24. The van der Waals surface area contributed by atoms with E-state index in [1.165, 1.54) is 12.1 Å². The second-order valence-electron chi connectivity index (χ2n) is 1.87. The van der Waals surface area contributed by atoms with Gasteiger partial charge in [-0.05, 0) is 12.1 Å². The van der Waals surface area contributed by atoms with Gasteiger partial charge in [-0.2, -0.15) is 5.26 Å². The third-order valence-corrected chi connectivity index (χ3v) is 1.93. The molecule has 0 amide bonds. The standard InChI is InChI=1S/C7H3ClFNS/c8-7-4(3-10)6(11)2-1-5(7)9/h1-2,11H. The van der Waals surface area contributed by atoms with Gasteiger partial charge in [0.1, 0.15) is 11.9 Å². The quantitative estimate of drug-likeness (QED) is 0.621. The van der Waals surface area contributed by atoms with Crippen molar-refractivity contribution in [3.05, 3.63) is 28.5 Å². The van der Waals surface area contributed by atoms with Crippen molar-refractivity contribution in [3.8, 4) is 6.07 Å². The van der Waals surface area contributed by atoms with E-state index in [2.05, 4.69) is 12.6 Å². The van der Waals surface area contributed by atoms with Crippen LogP contribution in [0.25, 0.3) is 0 Å². The van der Waals surface area contributed by atoms with Crippen molar-refractivity contribution in [3.63, 3.8) is 0 Å². The molecule has 0 saturated carbocycles. The third-order valence-electron chi connectivity index (χ3n) is 1.18.